The Labute approximate surface area is 204 Å². The number of hydrogen-bond acceptors (Lipinski definition) is 5. The van der Waals surface area contributed by atoms with Crippen LogP contribution in [-0.4, -0.2) is 30.2 Å². The summed E-state index contributed by atoms with van der Waals surface area (Å²) in [5.74, 6) is -0.968. The van der Waals surface area contributed by atoms with Gasteiger partial charge in [-0.2, -0.15) is 13.2 Å². The third-order valence-corrected chi connectivity index (χ3v) is 6.50. The molecule has 1 heterocycles. The zero-order chi connectivity index (χ0) is 25.2. The molecule has 1 N–H and O–H groups in total. The average Bonchev–Trinajstić information content (AvgIpc) is 3.34. The van der Waals surface area contributed by atoms with Gasteiger partial charge in [-0.05, 0) is 54.1 Å². The van der Waals surface area contributed by atoms with Crippen LogP contribution in [0.3, 0.4) is 0 Å². The van der Waals surface area contributed by atoms with Crippen molar-refractivity contribution in [1.29, 1.82) is 0 Å². The Hall–Kier alpha value is -3.85. The normalized spacial score (nSPS) is 11.3. The third-order valence-electron chi connectivity index (χ3n) is 5.59. The van der Waals surface area contributed by atoms with Gasteiger partial charge in [0.1, 0.15) is 0 Å². The van der Waals surface area contributed by atoms with Crippen molar-refractivity contribution in [2.75, 3.05) is 23.9 Å². The highest BCUT2D eigenvalue weighted by atomic mass is 32.1. The number of nitrogens with zero attached hydrogens (tertiary/aromatic N) is 3. The first-order chi connectivity index (χ1) is 16.6. The molecule has 0 radical (unpaired) electrons. The zero-order valence-electron chi connectivity index (χ0n) is 19.0. The highest BCUT2D eigenvalue weighted by molar-refractivity contribution is 7.14. The summed E-state index contributed by atoms with van der Waals surface area (Å²) in [4.78, 5) is 19.6. The topological polar surface area (TPSA) is 56.7 Å². The Bertz CT molecular complexity index is 1300. The van der Waals surface area contributed by atoms with Crippen LogP contribution in [0.2, 0.25) is 0 Å². The van der Waals surface area contributed by atoms with E-state index in [2.05, 4.69) is 0 Å². The fourth-order valence-corrected chi connectivity index (χ4v) is 4.36. The van der Waals surface area contributed by atoms with E-state index in [1.54, 1.807) is 24.3 Å². The lowest BCUT2D eigenvalue weighted by Crippen LogP contribution is -2.16. The molecule has 0 bridgehead atoms. The van der Waals surface area contributed by atoms with Crippen LogP contribution in [0.5, 0.6) is 0 Å². The molecule has 0 atom stereocenters. The van der Waals surface area contributed by atoms with Gasteiger partial charge in [0.05, 0.1) is 16.8 Å². The van der Waals surface area contributed by atoms with Crippen molar-refractivity contribution < 1.29 is 23.1 Å². The maximum Gasteiger partial charge on any atom is 0.416 e. The smallest absolute Gasteiger partial charge is 0.416 e. The minimum absolute atomic E-state index is 0.227. The number of anilines is 3. The molecule has 9 heteroatoms. The lowest BCUT2D eigenvalue weighted by molar-refractivity contribution is -0.137. The van der Waals surface area contributed by atoms with Crippen LogP contribution in [0.1, 0.15) is 21.5 Å². The van der Waals surface area contributed by atoms with E-state index >= 15 is 0 Å². The first-order valence-corrected chi connectivity index (χ1v) is 11.5. The number of hydrogen-bond donors (Lipinski definition) is 1. The van der Waals surface area contributed by atoms with Crippen molar-refractivity contribution in [2.45, 2.75) is 12.7 Å². The number of carboxylic acid groups (broad SMARTS) is 1. The molecule has 0 unspecified atom stereocenters. The summed E-state index contributed by atoms with van der Waals surface area (Å²) < 4.78 is 38.3. The number of alkyl halides is 3. The Balaban J connectivity index is 1.43. The molecule has 0 aliphatic heterocycles. The van der Waals surface area contributed by atoms with E-state index < -0.39 is 17.7 Å². The molecule has 0 saturated carbocycles. The standard InChI is InChI=1S/C26H22F3N3O2S/c1-31(15-17-3-9-20(10-4-17)26(27,28)29)21-11-5-18(6-12-21)23-16-35-25(30-23)32(2)22-13-7-19(8-14-22)24(33)34/h3-14,16H,15H2,1-2H3,(H,33,34). The van der Waals surface area contributed by atoms with Crippen LogP contribution in [0, 0.1) is 0 Å². The van der Waals surface area contributed by atoms with Gasteiger partial charge in [-0.25, -0.2) is 9.78 Å². The van der Waals surface area contributed by atoms with Crippen molar-refractivity contribution in [3.63, 3.8) is 0 Å². The molecule has 0 saturated heterocycles. The number of aromatic nitrogens is 1. The van der Waals surface area contributed by atoms with E-state index in [1.165, 1.54) is 23.5 Å². The predicted molar refractivity (Wildman–Crippen MR) is 133 cm³/mol. The van der Waals surface area contributed by atoms with E-state index in [0.717, 1.165) is 45.5 Å². The Morgan fingerprint density at radius 3 is 2.09 bits per heavy atom. The molecule has 4 aromatic rings. The molecule has 3 aromatic carbocycles. The Morgan fingerprint density at radius 2 is 1.51 bits per heavy atom. The molecule has 4 rings (SSSR count). The maximum absolute atomic E-state index is 12.8. The van der Waals surface area contributed by atoms with Gasteiger partial charge in [0, 0.05) is 43.0 Å². The van der Waals surface area contributed by atoms with Gasteiger partial charge in [-0.3, -0.25) is 0 Å². The minimum Gasteiger partial charge on any atom is -0.478 e. The monoisotopic (exact) mass is 497 g/mol. The van der Waals surface area contributed by atoms with Gasteiger partial charge in [0.25, 0.3) is 0 Å². The predicted octanol–water partition coefficient (Wildman–Crippen LogP) is 6.93. The number of rotatable bonds is 7. The third kappa shape index (κ3) is 5.63. The van der Waals surface area contributed by atoms with Gasteiger partial charge in [-0.15, -0.1) is 11.3 Å². The van der Waals surface area contributed by atoms with Crippen molar-refractivity contribution in [3.05, 3.63) is 94.9 Å². The summed E-state index contributed by atoms with van der Waals surface area (Å²) in [6, 6.07) is 19.6. The Kier molecular flexibility index (Phi) is 6.79. The van der Waals surface area contributed by atoms with Gasteiger partial charge < -0.3 is 14.9 Å². The van der Waals surface area contributed by atoms with E-state index in [1.807, 2.05) is 53.5 Å². The second kappa shape index (κ2) is 9.79. The van der Waals surface area contributed by atoms with E-state index in [-0.39, 0.29) is 5.56 Å². The van der Waals surface area contributed by atoms with Crippen molar-refractivity contribution >= 4 is 33.8 Å². The molecule has 5 nitrogen and oxygen atoms in total. The van der Waals surface area contributed by atoms with Crippen LogP contribution in [0.25, 0.3) is 11.3 Å². The molecule has 0 spiro atoms. The highest BCUT2D eigenvalue weighted by Crippen LogP contribution is 2.32. The molecule has 0 aliphatic rings. The SMILES string of the molecule is CN(Cc1ccc(C(F)(F)F)cc1)c1ccc(-c2csc(N(C)c3ccc(C(=O)O)cc3)n2)cc1. The van der Waals surface area contributed by atoms with Crippen molar-refractivity contribution in [3.8, 4) is 11.3 Å². The van der Waals surface area contributed by atoms with Crippen LogP contribution < -0.4 is 9.80 Å². The second-order valence-electron chi connectivity index (χ2n) is 8.02. The second-order valence-corrected chi connectivity index (χ2v) is 8.86. The first-order valence-electron chi connectivity index (χ1n) is 10.6. The van der Waals surface area contributed by atoms with E-state index in [9.17, 15) is 18.0 Å². The Morgan fingerprint density at radius 1 is 0.914 bits per heavy atom. The fourth-order valence-electron chi connectivity index (χ4n) is 3.54. The molecule has 35 heavy (non-hydrogen) atoms. The lowest BCUT2D eigenvalue weighted by atomic mass is 10.1. The van der Waals surface area contributed by atoms with Gasteiger partial charge in [0.15, 0.2) is 5.13 Å². The number of carboxylic acids is 1. The van der Waals surface area contributed by atoms with Gasteiger partial charge in [-0.1, -0.05) is 24.3 Å². The molecular formula is C26H22F3N3O2S. The van der Waals surface area contributed by atoms with Crippen molar-refractivity contribution in [2.24, 2.45) is 0 Å². The number of aromatic carboxylic acids is 1. The lowest BCUT2D eigenvalue weighted by Gasteiger charge is -2.20. The fraction of sp³-hybridized carbons (Fsp3) is 0.154. The number of halogens is 3. The molecule has 180 valence electrons. The number of carbonyl (C=O) groups is 1. The van der Waals surface area contributed by atoms with Crippen LogP contribution in [0.4, 0.5) is 29.7 Å². The average molecular weight is 498 g/mol. The number of thiazole rings is 1. The largest absolute Gasteiger partial charge is 0.478 e. The summed E-state index contributed by atoms with van der Waals surface area (Å²) in [5.41, 5.74) is 3.87. The minimum atomic E-state index is -4.34. The molecule has 0 amide bonds. The first kappa shape index (κ1) is 24.3. The molecular weight excluding hydrogens is 475 g/mol. The van der Waals surface area contributed by atoms with Gasteiger partial charge in [0.2, 0.25) is 0 Å². The van der Waals surface area contributed by atoms with Crippen LogP contribution in [0.15, 0.2) is 78.2 Å². The zero-order valence-corrected chi connectivity index (χ0v) is 19.8. The summed E-state index contributed by atoms with van der Waals surface area (Å²) >= 11 is 1.48. The quantitative estimate of drug-likeness (QED) is 0.300. The summed E-state index contributed by atoms with van der Waals surface area (Å²) in [7, 11) is 3.76. The summed E-state index contributed by atoms with van der Waals surface area (Å²) in [6.45, 7) is 0.476. The van der Waals surface area contributed by atoms with Crippen molar-refractivity contribution in [1.82, 2.24) is 4.98 Å². The van der Waals surface area contributed by atoms with Gasteiger partial charge >= 0.3 is 12.1 Å². The molecule has 0 fully saturated rings. The molecule has 0 aliphatic carbocycles. The van der Waals surface area contributed by atoms with Crippen LogP contribution in [-0.2, 0) is 12.7 Å². The molecule has 1 aromatic heterocycles. The number of benzene rings is 3. The summed E-state index contributed by atoms with van der Waals surface area (Å²) in [6.07, 6.45) is -4.34. The maximum atomic E-state index is 12.8. The van der Waals surface area contributed by atoms with E-state index in [4.69, 9.17) is 10.1 Å². The summed E-state index contributed by atoms with van der Waals surface area (Å²) in [5, 5.41) is 11.8. The van der Waals surface area contributed by atoms with Crippen LogP contribution >= 0.6 is 11.3 Å². The van der Waals surface area contributed by atoms with E-state index in [0.29, 0.717) is 6.54 Å². The highest BCUT2D eigenvalue weighted by Gasteiger charge is 2.29.